The van der Waals surface area contributed by atoms with Gasteiger partial charge in [0.25, 0.3) is 0 Å². The van der Waals surface area contributed by atoms with Crippen molar-refractivity contribution in [2.24, 2.45) is 11.7 Å². The van der Waals surface area contributed by atoms with Crippen molar-refractivity contribution in [3.05, 3.63) is 0 Å². The molecule has 0 spiro atoms. The van der Waals surface area contributed by atoms with Crippen LogP contribution < -0.4 is 11.1 Å². The number of nitrogens with two attached hydrogens (primary N) is 1. The first-order valence-electron chi connectivity index (χ1n) is 4.47. The quantitative estimate of drug-likeness (QED) is 0.471. The van der Waals surface area contributed by atoms with Gasteiger partial charge in [-0.05, 0) is 25.2 Å². The zero-order chi connectivity index (χ0) is 7.84. The highest BCUT2D eigenvalue weighted by atomic mass is 32.1. The van der Waals surface area contributed by atoms with Gasteiger partial charge in [0.1, 0.15) is 0 Å². The van der Waals surface area contributed by atoms with Crippen molar-refractivity contribution < 1.29 is 0 Å². The van der Waals surface area contributed by atoms with E-state index in [1.165, 1.54) is 19.3 Å². The second-order valence-corrected chi connectivity index (χ2v) is 4.44. The van der Waals surface area contributed by atoms with Crippen molar-refractivity contribution in [3.63, 3.8) is 0 Å². The summed E-state index contributed by atoms with van der Waals surface area (Å²) in [4.78, 5) is 0. The summed E-state index contributed by atoms with van der Waals surface area (Å²) in [6.07, 6.45) is 5.25. The molecule has 0 aromatic heterocycles. The molecule has 4 unspecified atom stereocenters. The zero-order valence-corrected chi connectivity index (χ0v) is 7.56. The number of hydrogen-bond acceptors (Lipinski definition) is 3. The third-order valence-corrected chi connectivity index (χ3v) is 3.62. The molecule has 4 atom stereocenters. The van der Waals surface area contributed by atoms with Gasteiger partial charge in [-0.1, -0.05) is 6.42 Å². The van der Waals surface area contributed by atoms with Gasteiger partial charge in [-0.15, -0.1) is 0 Å². The lowest BCUT2D eigenvalue weighted by molar-refractivity contribution is 0.337. The lowest BCUT2D eigenvalue weighted by atomic mass is 9.85. The minimum absolute atomic E-state index is 0.234. The van der Waals surface area contributed by atoms with Crippen molar-refractivity contribution in [2.75, 3.05) is 0 Å². The molecule has 1 heterocycles. The third kappa shape index (κ3) is 1.42. The molecule has 0 bridgehead atoms. The van der Waals surface area contributed by atoms with Crippen LogP contribution in [0, 0.1) is 5.92 Å². The average Bonchev–Trinajstić information content (AvgIpc) is 2.31. The van der Waals surface area contributed by atoms with Crippen molar-refractivity contribution in [2.45, 2.75) is 43.1 Å². The molecule has 1 aliphatic carbocycles. The minimum Gasteiger partial charge on any atom is -0.316 e. The van der Waals surface area contributed by atoms with Crippen LogP contribution in [0.3, 0.4) is 0 Å². The van der Waals surface area contributed by atoms with Crippen molar-refractivity contribution in [3.8, 4) is 0 Å². The number of rotatable bonds is 0. The van der Waals surface area contributed by atoms with Gasteiger partial charge in [-0.2, -0.15) is 12.6 Å². The highest BCUT2D eigenvalue weighted by Gasteiger charge is 2.37. The molecule has 3 N–H and O–H groups in total. The van der Waals surface area contributed by atoms with E-state index in [4.69, 9.17) is 5.73 Å². The Morgan fingerprint density at radius 3 is 2.91 bits per heavy atom. The van der Waals surface area contributed by atoms with Crippen molar-refractivity contribution in [1.82, 2.24) is 5.32 Å². The Bertz CT molecular complexity index is 151. The maximum atomic E-state index is 5.81. The van der Waals surface area contributed by atoms with E-state index < -0.39 is 0 Å². The second kappa shape index (κ2) is 2.96. The fraction of sp³-hybridized carbons (Fsp3) is 1.00. The van der Waals surface area contributed by atoms with Gasteiger partial charge in [0.2, 0.25) is 0 Å². The normalized spacial score (nSPS) is 50.7. The summed E-state index contributed by atoms with van der Waals surface area (Å²) in [6.45, 7) is 0. The van der Waals surface area contributed by atoms with E-state index in [2.05, 4.69) is 17.9 Å². The Balaban J connectivity index is 2.03. The molecule has 1 aliphatic heterocycles. The molecule has 64 valence electrons. The van der Waals surface area contributed by atoms with Crippen LogP contribution in [0.2, 0.25) is 0 Å². The van der Waals surface area contributed by atoms with Gasteiger partial charge < -0.3 is 5.73 Å². The SMILES string of the molecule is NC1CC2C(S)CCCC2N1. The average molecular weight is 172 g/mol. The predicted molar refractivity (Wildman–Crippen MR) is 49.6 cm³/mol. The van der Waals surface area contributed by atoms with Crippen LogP contribution in [0.4, 0.5) is 0 Å². The van der Waals surface area contributed by atoms with Gasteiger partial charge in [0, 0.05) is 11.3 Å². The molecular formula is C8H16N2S. The first-order chi connectivity index (χ1) is 5.27. The molecule has 1 saturated carbocycles. The predicted octanol–water partition coefficient (Wildman–Crippen LogP) is 0.732. The zero-order valence-electron chi connectivity index (χ0n) is 6.66. The van der Waals surface area contributed by atoms with Crippen LogP contribution in [0.15, 0.2) is 0 Å². The first-order valence-corrected chi connectivity index (χ1v) is 4.98. The molecule has 1 saturated heterocycles. The number of thiol groups is 1. The highest BCUT2D eigenvalue weighted by molar-refractivity contribution is 7.81. The summed E-state index contributed by atoms with van der Waals surface area (Å²) < 4.78 is 0. The standard InChI is InChI=1S/C8H16N2S/c9-8-4-5-6(10-8)2-1-3-7(5)11/h5-8,10-11H,1-4,9H2. The molecule has 3 heteroatoms. The largest absolute Gasteiger partial charge is 0.316 e. The van der Waals surface area contributed by atoms with Crippen molar-refractivity contribution in [1.29, 1.82) is 0 Å². The topological polar surface area (TPSA) is 38.0 Å². The molecule has 2 rings (SSSR count). The van der Waals surface area contributed by atoms with E-state index in [9.17, 15) is 0 Å². The lowest BCUT2D eigenvalue weighted by Gasteiger charge is -2.29. The fourth-order valence-corrected chi connectivity index (χ4v) is 2.92. The Morgan fingerprint density at radius 2 is 2.18 bits per heavy atom. The summed E-state index contributed by atoms with van der Waals surface area (Å²) >= 11 is 4.58. The lowest BCUT2D eigenvalue weighted by Crippen LogP contribution is -2.39. The van der Waals surface area contributed by atoms with E-state index in [1.807, 2.05) is 0 Å². The van der Waals surface area contributed by atoms with Crippen molar-refractivity contribution >= 4 is 12.6 Å². The smallest absolute Gasteiger partial charge is 0.0552 e. The van der Waals surface area contributed by atoms with E-state index in [1.54, 1.807) is 0 Å². The van der Waals surface area contributed by atoms with Gasteiger partial charge in [0.15, 0.2) is 0 Å². The van der Waals surface area contributed by atoms with Crippen LogP contribution in [0.1, 0.15) is 25.7 Å². The molecule has 2 fully saturated rings. The van der Waals surface area contributed by atoms with Gasteiger partial charge >= 0.3 is 0 Å². The second-order valence-electron chi connectivity index (χ2n) is 3.78. The third-order valence-electron chi connectivity index (χ3n) is 2.98. The monoisotopic (exact) mass is 172 g/mol. The molecule has 2 aliphatic rings. The number of hydrogen-bond donors (Lipinski definition) is 3. The minimum atomic E-state index is 0.234. The Hall–Kier alpha value is 0.270. The Morgan fingerprint density at radius 1 is 1.36 bits per heavy atom. The number of nitrogens with one attached hydrogen (secondary N) is 1. The number of fused-ring (bicyclic) bond motifs is 1. The van der Waals surface area contributed by atoms with Gasteiger partial charge in [0.05, 0.1) is 6.17 Å². The molecule has 0 aromatic rings. The van der Waals surface area contributed by atoms with E-state index >= 15 is 0 Å². The van der Waals surface area contributed by atoms with Gasteiger partial charge in [-0.3, -0.25) is 5.32 Å². The summed E-state index contributed by atoms with van der Waals surface area (Å²) in [7, 11) is 0. The van der Waals surface area contributed by atoms with E-state index in [-0.39, 0.29) is 6.17 Å². The maximum Gasteiger partial charge on any atom is 0.0552 e. The van der Waals surface area contributed by atoms with Crippen LogP contribution in [0.5, 0.6) is 0 Å². The van der Waals surface area contributed by atoms with Gasteiger partial charge in [-0.25, -0.2) is 0 Å². The van der Waals surface area contributed by atoms with E-state index in [0.717, 1.165) is 12.3 Å². The van der Waals surface area contributed by atoms with Crippen LogP contribution in [-0.4, -0.2) is 17.5 Å². The molecule has 0 aromatic carbocycles. The molecule has 0 radical (unpaired) electrons. The summed E-state index contributed by atoms with van der Waals surface area (Å²) in [6, 6.07) is 0.668. The molecule has 2 nitrogen and oxygen atoms in total. The Kier molecular flexibility index (Phi) is 2.12. The Labute approximate surface area is 73.3 Å². The summed E-state index contributed by atoms with van der Waals surface area (Å²) in [5.74, 6) is 0.738. The fourth-order valence-electron chi connectivity index (χ4n) is 2.41. The molecule has 11 heavy (non-hydrogen) atoms. The van der Waals surface area contributed by atoms with Crippen LogP contribution in [-0.2, 0) is 0 Å². The molecule has 0 amide bonds. The maximum absolute atomic E-state index is 5.81. The summed E-state index contributed by atoms with van der Waals surface area (Å²) in [5, 5.41) is 4.01. The highest BCUT2D eigenvalue weighted by Crippen LogP contribution is 2.35. The van der Waals surface area contributed by atoms with Crippen LogP contribution >= 0.6 is 12.6 Å². The molecular weight excluding hydrogens is 156 g/mol. The van der Waals surface area contributed by atoms with E-state index in [0.29, 0.717) is 11.3 Å². The summed E-state index contributed by atoms with van der Waals surface area (Å²) in [5.41, 5.74) is 5.81. The first kappa shape index (κ1) is 7.90. The van der Waals surface area contributed by atoms with Crippen LogP contribution in [0.25, 0.3) is 0 Å².